The van der Waals surface area contributed by atoms with E-state index in [9.17, 15) is 4.79 Å². The van der Waals surface area contributed by atoms with Crippen molar-refractivity contribution in [2.75, 3.05) is 34.0 Å². The molecule has 3 N–H and O–H groups in total. The molecule has 13 heavy (non-hydrogen) atoms. The summed E-state index contributed by atoms with van der Waals surface area (Å²) in [5.74, 6) is -0.424. The topological polar surface area (TPSA) is 73.6 Å². The Morgan fingerprint density at radius 2 is 2.15 bits per heavy atom. The Morgan fingerprint density at radius 1 is 1.54 bits per heavy atom. The third-order valence-corrected chi connectivity index (χ3v) is 1.92. The Labute approximate surface area is 78.6 Å². The van der Waals surface area contributed by atoms with Gasteiger partial charge < -0.3 is 20.5 Å². The van der Waals surface area contributed by atoms with E-state index in [4.69, 9.17) is 15.2 Å². The van der Waals surface area contributed by atoms with E-state index in [0.717, 1.165) is 0 Å². The Kier molecular flexibility index (Phi) is 5.61. The minimum absolute atomic E-state index is 0.252. The van der Waals surface area contributed by atoms with Gasteiger partial charge in [0.15, 0.2) is 0 Å². The van der Waals surface area contributed by atoms with Gasteiger partial charge in [-0.1, -0.05) is 0 Å². The number of carbonyl (C=O) groups is 1. The van der Waals surface area contributed by atoms with Crippen LogP contribution in [-0.4, -0.2) is 45.4 Å². The maximum absolute atomic E-state index is 11.0. The van der Waals surface area contributed by atoms with Crippen LogP contribution in [0.4, 0.5) is 0 Å². The van der Waals surface area contributed by atoms with Crippen LogP contribution in [0.2, 0.25) is 0 Å². The quantitative estimate of drug-likeness (QED) is 0.511. The SMILES string of the molecule is CNC(C)(COCCOC)C(N)=O. The third-order valence-electron chi connectivity index (χ3n) is 1.92. The number of hydrogen-bond acceptors (Lipinski definition) is 4. The molecule has 0 spiro atoms. The van der Waals surface area contributed by atoms with E-state index in [1.54, 1.807) is 21.1 Å². The second-order valence-corrected chi connectivity index (χ2v) is 2.99. The van der Waals surface area contributed by atoms with E-state index in [-0.39, 0.29) is 6.61 Å². The molecule has 0 fully saturated rings. The highest BCUT2D eigenvalue weighted by atomic mass is 16.5. The van der Waals surface area contributed by atoms with Crippen molar-refractivity contribution in [2.24, 2.45) is 5.73 Å². The highest BCUT2D eigenvalue weighted by Gasteiger charge is 2.28. The zero-order valence-corrected chi connectivity index (χ0v) is 8.42. The summed E-state index contributed by atoms with van der Waals surface area (Å²) in [4.78, 5) is 11.0. The van der Waals surface area contributed by atoms with Gasteiger partial charge in [-0.25, -0.2) is 0 Å². The Bertz CT molecular complexity index is 163. The molecule has 0 aliphatic carbocycles. The largest absolute Gasteiger partial charge is 0.382 e. The lowest BCUT2D eigenvalue weighted by molar-refractivity contribution is -0.126. The summed E-state index contributed by atoms with van der Waals surface area (Å²) < 4.78 is 9.99. The van der Waals surface area contributed by atoms with Gasteiger partial charge >= 0.3 is 0 Å². The van der Waals surface area contributed by atoms with Crippen LogP contribution >= 0.6 is 0 Å². The number of rotatable bonds is 7. The second kappa shape index (κ2) is 5.90. The zero-order valence-electron chi connectivity index (χ0n) is 8.42. The number of likely N-dealkylation sites (N-methyl/N-ethyl adjacent to an activating group) is 1. The first-order valence-electron chi connectivity index (χ1n) is 4.12. The summed E-state index contributed by atoms with van der Waals surface area (Å²) in [6.45, 7) is 2.92. The van der Waals surface area contributed by atoms with Crippen LogP contribution in [0.1, 0.15) is 6.92 Å². The molecule has 0 rings (SSSR count). The maximum Gasteiger partial charge on any atom is 0.239 e. The second-order valence-electron chi connectivity index (χ2n) is 2.99. The smallest absolute Gasteiger partial charge is 0.239 e. The van der Waals surface area contributed by atoms with Gasteiger partial charge in [-0.2, -0.15) is 0 Å². The fraction of sp³-hybridized carbons (Fsp3) is 0.875. The summed E-state index contributed by atoms with van der Waals surface area (Å²) in [6, 6.07) is 0. The van der Waals surface area contributed by atoms with Crippen molar-refractivity contribution in [3.63, 3.8) is 0 Å². The van der Waals surface area contributed by atoms with E-state index >= 15 is 0 Å². The van der Waals surface area contributed by atoms with E-state index < -0.39 is 11.4 Å². The first kappa shape index (κ1) is 12.3. The first-order chi connectivity index (χ1) is 6.06. The Balaban J connectivity index is 3.78. The minimum atomic E-state index is -0.798. The van der Waals surface area contributed by atoms with Crippen LogP contribution < -0.4 is 11.1 Å². The summed E-state index contributed by atoms with van der Waals surface area (Å²) in [6.07, 6.45) is 0. The van der Waals surface area contributed by atoms with Crippen molar-refractivity contribution in [1.29, 1.82) is 0 Å². The number of hydrogen-bond donors (Lipinski definition) is 2. The number of carbonyl (C=O) groups excluding carboxylic acids is 1. The van der Waals surface area contributed by atoms with Gasteiger partial charge in [-0.3, -0.25) is 4.79 Å². The lowest BCUT2D eigenvalue weighted by Gasteiger charge is -2.24. The third kappa shape index (κ3) is 4.21. The van der Waals surface area contributed by atoms with Crippen molar-refractivity contribution in [1.82, 2.24) is 5.32 Å². The molecule has 0 aromatic rings. The summed E-state index contributed by atoms with van der Waals surface area (Å²) in [5, 5.41) is 2.81. The van der Waals surface area contributed by atoms with Crippen molar-refractivity contribution in [2.45, 2.75) is 12.5 Å². The zero-order chi connectivity index (χ0) is 10.3. The number of nitrogens with one attached hydrogen (secondary N) is 1. The molecule has 0 saturated heterocycles. The number of methoxy groups -OCH3 is 1. The standard InChI is InChI=1S/C8H18N2O3/c1-8(10-2,7(9)11)6-13-5-4-12-3/h10H,4-6H2,1-3H3,(H2,9,11). The lowest BCUT2D eigenvalue weighted by atomic mass is 10.0. The van der Waals surface area contributed by atoms with Gasteiger partial charge in [0, 0.05) is 7.11 Å². The summed E-state index contributed by atoms with van der Waals surface area (Å²) in [5.41, 5.74) is 4.39. The van der Waals surface area contributed by atoms with E-state index in [2.05, 4.69) is 5.32 Å². The number of amides is 1. The molecule has 0 bridgehead atoms. The number of primary amides is 1. The highest BCUT2D eigenvalue weighted by molar-refractivity contribution is 5.84. The molecule has 0 aliphatic heterocycles. The van der Waals surface area contributed by atoms with Crippen molar-refractivity contribution < 1.29 is 14.3 Å². The molecule has 1 unspecified atom stereocenters. The maximum atomic E-state index is 11.0. The monoisotopic (exact) mass is 190 g/mol. The molecule has 0 aromatic carbocycles. The molecular weight excluding hydrogens is 172 g/mol. The predicted octanol–water partition coefficient (Wildman–Crippen LogP) is -0.887. The van der Waals surface area contributed by atoms with Gasteiger partial charge in [0.1, 0.15) is 5.54 Å². The molecule has 0 radical (unpaired) electrons. The molecule has 0 heterocycles. The average molecular weight is 190 g/mol. The molecule has 0 aromatic heterocycles. The van der Waals surface area contributed by atoms with Crippen LogP contribution in [0.15, 0.2) is 0 Å². The summed E-state index contributed by atoms with van der Waals surface area (Å²) in [7, 11) is 3.26. The van der Waals surface area contributed by atoms with Crippen LogP contribution in [0, 0.1) is 0 Å². The van der Waals surface area contributed by atoms with Crippen molar-refractivity contribution in [3.8, 4) is 0 Å². The average Bonchev–Trinajstić information content (AvgIpc) is 2.12. The number of nitrogens with two attached hydrogens (primary N) is 1. The highest BCUT2D eigenvalue weighted by Crippen LogP contribution is 2.01. The van der Waals surface area contributed by atoms with Crippen molar-refractivity contribution >= 4 is 5.91 Å². The molecule has 78 valence electrons. The molecule has 1 amide bonds. The van der Waals surface area contributed by atoms with E-state index in [1.165, 1.54) is 0 Å². The molecular formula is C8H18N2O3. The number of ether oxygens (including phenoxy) is 2. The first-order valence-corrected chi connectivity index (χ1v) is 4.12. The van der Waals surface area contributed by atoms with E-state index in [1.807, 2.05) is 0 Å². The molecule has 0 saturated carbocycles. The Morgan fingerprint density at radius 3 is 2.54 bits per heavy atom. The van der Waals surface area contributed by atoms with Crippen LogP contribution in [-0.2, 0) is 14.3 Å². The molecule has 1 atom stereocenters. The minimum Gasteiger partial charge on any atom is -0.382 e. The van der Waals surface area contributed by atoms with Gasteiger partial charge in [0.25, 0.3) is 0 Å². The van der Waals surface area contributed by atoms with Crippen LogP contribution in [0.5, 0.6) is 0 Å². The Hall–Kier alpha value is -0.650. The predicted molar refractivity (Wildman–Crippen MR) is 49.4 cm³/mol. The fourth-order valence-electron chi connectivity index (χ4n) is 0.685. The van der Waals surface area contributed by atoms with E-state index in [0.29, 0.717) is 13.2 Å². The lowest BCUT2D eigenvalue weighted by Crippen LogP contribution is -2.55. The van der Waals surface area contributed by atoms with Gasteiger partial charge in [0.05, 0.1) is 19.8 Å². The summed E-state index contributed by atoms with van der Waals surface area (Å²) >= 11 is 0. The van der Waals surface area contributed by atoms with Gasteiger partial charge in [-0.15, -0.1) is 0 Å². The normalized spacial score (nSPS) is 15.3. The molecule has 5 heteroatoms. The van der Waals surface area contributed by atoms with Gasteiger partial charge in [0.2, 0.25) is 5.91 Å². The van der Waals surface area contributed by atoms with Crippen molar-refractivity contribution in [3.05, 3.63) is 0 Å². The molecule has 5 nitrogen and oxygen atoms in total. The van der Waals surface area contributed by atoms with Crippen LogP contribution in [0.3, 0.4) is 0 Å². The fourth-order valence-corrected chi connectivity index (χ4v) is 0.685. The molecule has 0 aliphatic rings. The van der Waals surface area contributed by atoms with Crippen LogP contribution in [0.25, 0.3) is 0 Å². The van der Waals surface area contributed by atoms with Gasteiger partial charge in [-0.05, 0) is 14.0 Å².